The van der Waals surface area contributed by atoms with Gasteiger partial charge in [-0.2, -0.15) is 13.2 Å². The van der Waals surface area contributed by atoms with E-state index in [9.17, 15) is 27.6 Å². The summed E-state index contributed by atoms with van der Waals surface area (Å²) in [5.41, 5.74) is -0.516. The quantitative estimate of drug-likeness (QED) is 0.244. The molecule has 4 rings (SSSR count). The van der Waals surface area contributed by atoms with Gasteiger partial charge in [-0.15, -0.1) is 0 Å². The molecule has 3 aromatic rings. The Balaban J connectivity index is 1.88. The first-order chi connectivity index (χ1) is 17.1. The van der Waals surface area contributed by atoms with Crippen LogP contribution in [0, 0.1) is 5.92 Å². The molecule has 1 amide bonds. The zero-order valence-electron chi connectivity index (χ0n) is 19.0. The minimum atomic E-state index is -4.59. The van der Waals surface area contributed by atoms with Crippen molar-refractivity contribution in [2.75, 3.05) is 19.1 Å². The molecule has 1 heterocycles. The third-order valence-electron chi connectivity index (χ3n) is 5.95. The zero-order valence-corrected chi connectivity index (χ0v) is 19.8. The molecule has 1 fully saturated rings. The minimum Gasteiger partial charge on any atom is -0.493 e. The van der Waals surface area contributed by atoms with Gasteiger partial charge in [-0.3, -0.25) is 19.3 Å². The summed E-state index contributed by atoms with van der Waals surface area (Å²) in [6.07, 6.45) is -4.59. The number of hydrogen-bond acceptors (Lipinski definition) is 5. The molecule has 2 atom stereocenters. The molecule has 10 heteroatoms. The van der Waals surface area contributed by atoms with Crippen LogP contribution >= 0.6 is 11.6 Å². The molecule has 186 valence electrons. The van der Waals surface area contributed by atoms with Crippen molar-refractivity contribution in [1.82, 2.24) is 0 Å². The Labute approximate surface area is 209 Å². The van der Waals surface area contributed by atoms with Gasteiger partial charge >= 0.3 is 6.18 Å². The Hall–Kier alpha value is -3.85. The Morgan fingerprint density at radius 1 is 0.917 bits per heavy atom. The molecule has 0 bridgehead atoms. The summed E-state index contributed by atoms with van der Waals surface area (Å²) < 4.78 is 50.0. The maximum Gasteiger partial charge on any atom is 0.416 e. The van der Waals surface area contributed by atoms with Gasteiger partial charge in [0, 0.05) is 17.3 Å². The van der Waals surface area contributed by atoms with Gasteiger partial charge in [0.05, 0.1) is 30.8 Å². The summed E-state index contributed by atoms with van der Waals surface area (Å²) in [7, 11) is 2.81. The fourth-order valence-corrected chi connectivity index (χ4v) is 4.45. The molecule has 1 saturated heterocycles. The standard InChI is InChI=1S/C26H19ClF3NO5/c1-35-19-12-11-16(13-20(19)36-2)31-22(14-7-9-15(10-8-14)26(28,29)30)21(24(33)25(31)34)23(32)17-5-3-4-6-18(17)27/h3-13,21-22H,1-2H3. The number of carbonyl (C=O) groups excluding carboxylic acids is 3. The average Bonchev–Trinajstić information content (AvgIpc) is 3.13. The summed E-state index contributed by atoms with van der Waals surface area (Å²) in [4.78, 5) is 41.1. The van der Waals surface area contributed by atoms with Crippen LogP contribution in [0.4, 0.5) is 18.9 Å². The number of anilines is 1. The molecule has 36 heavy (non-hydrogen) atoms. The number of Topliss-reactive ketones (excluding diaryl/α,β-unsaturated/α-hetero) is 2. The summed E-state index contributed by atoms with van der Waals surface area (Å²) >= 11 is 6.19. The fraction of sp³-hybridized carbons (Fsp3) is 0.192. The molecular formula is C26H19ClF3NO5. The zero-order chi connectivity index (χ0) is 26.2. The highest BCUT2D eigenvalue weighted by molar-refractivity contribution is 6.49. The number of carbonyl (C=O) groups is 3. The number of ether oxygens (including phenoxy) is 2. The Morgan fingerprint density at radius 3 is 2.14 bits per heavy atom. The Kier molecular flexibility index (Phi) is 6.77. The van der Waals surface area contributed by atoms with Gasteiger partial charge in [-0.1, -0.05) is 35.9 Å². The predicted octanol–water partition coefficient (Wildman–Crippen LogP) is 5.53. The number of benzene rings is 3. The van der Waals surface area contributed by atoms with Crippen molar-refractivity contribution in [3.63, 3.8) is 0 Å². The molecule has 0 saturated carbocycles. The SMILES string of the molecule is COc1ccc(N2C(=O)C(=O)C(C(=O)c3ccccc3Cl)C2c2ccc(C(F)(F)F)cc2)cc1OC. The van der Waals surface area contributed by atoms with Crippen LogP contribution in [0.15, 0.2) is 66.7 Å². The number of rotatable bonds is 6. The summed E-state index contributed by atoms with van der Waals surface area (Å²) in [6.45, 7) is 0. The third kappa shape index (κ3) is 4.42. The second-order valence-electron chi connectivity index (χ2n) is 7.97. The van der Waals surface area contributed by atoms with Gasteiger partial charge in [-0.05, 0) is 42.0 Å². The maximum absolute atomic E-state index is 13.5. The van der Waals surface area contributed by atoms with Crippen LogP contribution in [0.25, 0.3) is 0 Å². The number of halogens is 4. The largest absolute Gasteiger partial charge is 0.493 e. The fourth-order valence-electron chi connectivity index (χ4n) is 4.22. The van der Waals surface area contributed by atoms with Gasteiger partial charge in [0.15, 0.2) is 17.3 Å². The summed E-state index contributed by atoms with van der Waals surface area (Å²) in [5, 5.41) is 0.0819. The van der Waals surface area contributed by atoms with E-state index in [1.165, 1.54) is 44.6 Å². The molecule has 2 unspecified atom stereocenters. The molecule has 1 aliphatic rings. The molecule has 1 aliphatic heterocycles. The predicted molar refractivity (Wildman–Crippen MR) is 125 cm³/mol. The van der Waals surface area contributed by atoms with Gasteiger partial charge in [0.25, 0.3) is 5.91 Å². The summed E-state index contributed by atoms with van der Waals surface area (Å²) in [5.74, 6) is -3.64. The molecule has 6 nitrogen and oxygen atoms in total. The van der Waals surface area contributed by atoms with Gasteiger partial charge in [0.1, 0.15) is 5.92 Å². The van der Waals surface area contributed by atoms with Crippen LogP contribution in [0.3, 0.4) is 0 Å². The van der Waals surface area contributed by atoms with E-state index >= 15 is 0 Å². The van der Waals surface area contributed by atoms with Crippen molar-refractivity contribution in [3.05, 3.63) is 88.4 Å². The van der Waals surface area contributed by atoms with Crippen molar-refractivity contribution < 1.29 is 37.0 Å². The first-order valence-electron chi connectivity index (χ1n) is 10.6. The molecule has 0 N–H and O–H groups in total. The number of alkyl halides is 3. The monoisotopic (exact) mass is 517 g/mol. The van der Waals surface area contributed by atoms with Crippen molar-refractivity contribution in [3.8, 4) is 11.5 Å². The Bertz CT molecular complexity index is 1340. The lowest BCUT2D eigenvalue weighted by molar-refractivity contribution is -0.137. The van der Waals surface area contributed by atoms with Gasteiger partial charge in [0.2, 0.25) is 5.78 Å². The molecule has 0 spiro atoms. The van der Waals surface area contributed by atoms with E-state index in [0.29, 0.717) is 5.75 Å². The van der Waals surface area contributed by atoms with E-state index in [-0.39, 0.29) is 27.6 Å². The lowest BCUT2D eigenvalue weighted by atomic mass is 9.86. The molecule has 3 aromatic carbocycles. The van der Waals surface area contributed by atoms with Crippen LogP contribution in [-0.4, -0.2) is 31.7 Å². The first-order valence-corrected chi connectivity index (χ1v) is 11.0. The molecular weight excluding hydrogens is 499 g/mol. The van der Waals surface area contributed by atoms with Crippen molar-refractivity contribution in [2.45, 2.75) is 12.2 Å². The van der Waals surface area contributed by atoms with Crippen molar-refractivity contribution in [1.29, 1.82) is 0 Å². The summed E-state index contributed by atoms with van der Waals surface area (Å²) in [6, 6.07) is 13.3. The number of ketones is 2. The van der Waals surface area contributed by atoms with Crippen LogP contribution in [0.1, 0.15) is 27.5 Å². The lowest BCUT2D eigenvalue weighted by Crippen LogP contribution is -2.30. The average molecular weight is 518 g/mol. The highest BCUT2D eigenvalue weighted by atomic mass is 35.5. The van der Waals surface area contributed by atoms with E-state index in [0.717, 1.165) is 29.2 Å². The van der Waals surface area contributed by atoms with Crippen LogP contribution in [0.2, 0.25) is 5.02 Å². The van der Waals surface area contributed by atoms with Gasteiger partial charge in [-0.25, -0.2) is 0 Å². The number of hydrogen-bond donors (Lipinski definition) is 0. The van der Waals surface area contributed by atoms with Crippen LogP contribution < -0.4 is 14.4 Å². The first kappa shape index (κ1) is 25.2. The smallest absolute Gasteiger partial charge is 0.416 e. The van der Waals surface area contributed by atoms with E-state index < -0.39 is 41.2 Å². The van der Waals surface area contributed by atoms with Crippen molar-refractivity contribution in [2.24, 2.45) is 5.92 Å². The van der Waals surface area contributed by atoms with Gasteiger partial charge < -0.3 is 9.47 Å². The number of nitrogens with zero attached hydrogens (tertiary/aromatic N) is 1. The molecule has 0 aromatic heterocycles. The third-order valence-corrected chi connectivity index (χ3v) is 6.28. The Morgan fingerprint density at radius 2 is 1.56 bits per heavy atom. The van der Waals surface area contributed by atoms with E-state index in [2.05, 4.69) is 0 Å². The molecule has 0 radical (unpaired) electrons. The van der Waals surface area contributed by atoms with Crippen molar-refractivity contribution >= 4 is 34.8 Å². The minimum absolute atomic E-state index is 0.0244. The van der Waals surface area contributed by atoms with Crippen LogP contribution in [0.5, 0.6) is 11.5 Å². The molecule has 0 aliphatic carbocycles. The highest BCUT2D eigenvalue weighted by Gasteiger charge is 2.52. The van der Waals surface area contributed by atoms with E-state index in [4.69, 9.17) is 21.1 Å². The normalized spacial score (nSPS) is 17.9. The highest BCUT2D eigenvalue weighted by Crippen LogP contribution is 2.44. The van der Waals surface area contributed by atoms with E-state index in [1.54, 1.807) is 12.1 Å². The second kappa shape index (κ2) is 9.66. The second-order valence-corrected chi connectivity index (χ2v) is 8.37. The van der Waals surface area contributed by atoms with E-state index in [1.807, 2.05) is 0 Å². The lowest BCUT2D eigenvalue weighted by Gasteiger charge is -2.28. The topological polar surface area (TPSA) is 72.9 Å². The number of methoxy groups -OCH3 is 2. The maximum atomic E-state index is 13.5. The van der Waals surface area contributed by atoms with Crippen LogP contribution in [-0.2, 0) is 15.8 Å². The number of amides is 1.